The Hall–Kier alpha value is -4.21. The van der Waals surface area contributed by atoms with Crippen LogP contribution in [0.3, 0.4) is 0 Å². The van der Waals surface area contributed by atoms with Gasteiger partial charge in [0, 0.05) is 12.1 Å². The van der Waals surface area contributed by atoms with Crippen molar-refractivity contribution < 1.29 is 33.0 Å². The Balaban J connectivity index is 1.62. The minimum atomic E-state index is -0.960. The number of rotatable bonds is 6. The number of hydrogen-bond donors (Lipinski definition) is 3. The smallest absolute Gasteiger partial charge is 0.338 e. The van der Waals surface area contributed by atoms with Gasteiger partial charge in [-0.05, 0) is 30.2 Å². The molecule has 4 rings (SSSR count). The van der Waals surface area contributed by atoms with Crippen LogP contribution in [0, 0.1) is 5.82 Å². The van der Waals surface area contributed by atoms with E-state index in [1.165, 1.54) is 12.1 Å². The van der Waals surface area contributed by atoms with Crippen LogP contribution in [0.1, 0.15) is 36.4 Å². The molecule has 0 fully saturated rings. The molecule has 0 bridgehead atoms. The normalized spacial score (nSPS) is 19.4. The number of halogens is 1. The highest BCUT2D eigenvalue weighted by molar-refractivity contribution is 6.00. The fourth-order valence-corrected chi connectivity index (χ4v) is 3.97. The second-order valence-corrected chi connectivity index (χ2v) is 7.70. The topological polar surface area (TPSA) is 123 Å². The monoisotopic (exact) mass is 467 g/mol. The number of benzene rings is 2. The fraction of sp³-hybridized carbons (Fsp3) is 0.250. The van der Waals surface area contributed by atoms with Gasteiger partial charge in [-0.2, -0.15) is 0 Å². The Morgan fingerprint density at radius 1 is 1.06 bits per heavy atom. The zero-order valence-electron chi connectivity index (χ0n) is 18.2. The van der Waals surface area contributed by atoms with Crippen LogP contribution in [-0.4, -0.2) is 37.1 Å². The van der Waals surface area contributed by atoms with Gasteiger partial charge in [0.15, 0.2) is 0 Å². The van der Waals surface area contributed by atoms with E-state index in [9.17, 15) is 23.6 Å². The molecule has 0 radical (unpaired) electrons. The van der Waals surface area contributed by atoms with Crippen LogP contribution in [0.5, 0.6) is 0 Å². The number of carbonyl (C=O) groups is 4. The molecule has 2 aromatic carbocycles. The van der Waals surface area contributed by atoms with Crippen LogP contribution in [0.2, 0.25) is 0 Å². The summed E-state index contributed by atoms with van der Waals surface area (Å²) in [6, 6.07) is 11.2. The van der Waals surface area contributed by atoms with Crippen molar-refractivity contribution in [2.75, 3.05) is 18.5 Å². The van der Waals surface area contributed by atoms with Crippen LogP contribution in [0.15, 0.2) is 59.8 Å². The van der Waals surface area contributed by atoms with E-state index < -0.39 is 48.3 Å². The predicted octanol–water partition coefficient (Wildman–Crippen LogP) is 2.67. The van der Waals surface area contributed by atoms with Crippen molar-refractivity contribution in [2.24, 2.45) is 0 Å². The molecule has 10 heteroatoms. The average molecular weight is 467 g/mol. The first kappa shape index (κ1) is 23.0. The third kappa shape index (κ3) is 4.75. The molecule has 0 aliphatic carbocycles. The molecule has 2 atom stereocenters. The molecule has 0 aromatic heterocycles. The highest BCUT2D eigenvalue weighted by Crippen LogP contribution is 2.34. The quantitative estimate of drug-likeness (QED) is 0.562. The Morgan fingerprint density at radius 3 is 2.56 bits per heavy atom. The highest BCUT2D eigenvalue weighted by atomic mass is 19.1. The van der Waals surface area contributed by atoms with Crippen LogP contribution in [0.4, 0.5) is 14.9 Å². The van der Waals surface area contributed by atoms with Gasteiger partial charge in [-0.1, -0.05) is 36.4 Å². The number of urea groups is 1. The molecular formula is C24H22FN3O6. The van der Waals surface area contributed by atoms with Gasteiger partial charge in [-0.25, -0.2) is 14.0 Å². The van der Waals surface area contributed by atoms with E-state index in [1.54, 1.807) is 37.3 Å². The zero-order valence-corrected chi connectivity index (χ0v) is 18.2. The van der Waals surface area contributed by atoms with Crippen LogP contribution < -0.4 is 16.0 Å². The first-order valence-corrected chi connectivity index (χ1v) is 10.7. The molecule has 34 heavy (non-hydrogen) atoms. The van der Waals surface area contributed by atoms with Gasteiger partial charge in [0.1, 0.15) is 12.4 Å². The fourth-order valence-electron chi connectivity index (χ4n) is 3.97. The van der Waals surface area contributed by atoms with Crippen molar-refractivity contribution in [1.82, 2.24) is 10.6 Å². The van der Waals surface area contributed by atoms with Gasteiger partial charge in [-0.3, -0.25) is 9.59 Å². The van der Waals surface area contributed by atoms with Gasteiger partial charge in [0.2, 0.25) is 5.91 Å². The molecule has 2 heterocycles. The first-order chi connectivity index (χ1) is 16.4. The Bertz CT molecular complexity index is 1180. The molecule has 0 saturated heterocycles. The van der Waals surface area contributed by atoms with Crippen molar-refractivity contribution in [2.45, 2.75) is 25.3 Å². The number of ether oxygens (including phenoxy) is 2. The maximum absolute atomic E-state index is 13.6. The standard InChI is InChI=1S/C24H22FN3O6/c1-2-33-23(31)20-18(27-24(32)28-21(20)13-6-4-3-5-7-13)12-34-22(30)16-11-19(29)26-17-10-14(25)8-9-15(16)17/h3-10,16,21H,2,11-12H2,1H3,(H,26,29)(H2,27,28,32). The third-order valence-electron chi connectivity index (χ3n) is 5.48. The van der Waals surface area contributed by atoms with Crippen molar-refractivity contribution >= 4 is 29.6 Å². The summed E-state index contributed by atoms with van der Waals surface area (Å²) >= 11 is 0. The Kier molecular flexibility index (Phi) is 6.58. The Morgan fingerprint density at radius 2 is 1.82 bits per heavy atom. The minimum absolute atomic E-state index is 0.0731. The highest BCUT2D eigenvalue weighted by Gasteiger charge is 2.36. The van der Waals surface area contributed by atoms with Crippen LogP contribution in [0.25, 0.3) is 0 Å². The van der Waals surface area contributed by atoms with E-state index in [2.05, 4.69) is 16.0 Å². The zero-order chi connectivity index (χ0) is 24.2. The maximum atomic E-state index is 13.6. The molecule has 3 amide bonds. The molecule has 2 aromatic rings. The number of esters is 2. The number of carbonyl (C=O) groups excluding carboxylic acids is 4. The largest absolute Gasteiger partial charge is 0.463 e. The lowest BCUT2D eigenvalue weighted by molar-refractivity contribution is -0.146. The van der Waals surface area contributed by atoms with E-state index in [0.29, 0.717) is 11.1 Å². The summed E-state index contributed by atoms with van der Waals surface area (Å²) in [7, 11) is 0. The lowest BCUT2D eigenvalue weighted by Gasteiger charge is -2.29. The number of hydrogen-bond acceptors (Lipinski definition) is 6. The minimum Gasteiger partial charge on any atom is -0.463 e. The SMILES string of the molecule is CCOC(=O)C1=C(COC(=O)C2CC(=O)Nc3cc(F)ccc32)NC(=O)NC1c1ccccc1. The lowest BCUT2D eigenvalue weighted by Crippen LogP contribution is -2.47. The van der Waals surface area contributed by atoms with Crippen LogP contribution in [-0.2, 0) is 23.9 Å². The lowest BCUT2D eigenvalue weighted by atomic mass is 9.90. The molecule has 176 valence electrons. The van der Waals surface area contributed by atoms with Crippen LogP contribution >= 0.6 is 0 Å². The summed E-state index contributed by atoms with van der Waals surface area (Å²) in [5.74, 6) is -3.39. The van der Waals surface area contributed by atoms with Crippen molar-refractivity contribution in [3.05, 3.63) is 76.7 Å². The van der Waals surface area contributed by atoms with Gasteiger partial charge in [0.25, 0.3) is 0 Å². The van der Waals surface area contributed by atoms with Crippen molar-refractivity contribution in [3.63, 3.8) is 0 Å². The second kappa shape index (κ2) is 9.74. The van der Waals surface area contributed by atoms with E-state index >= 15 is 0 Å². The van der Waals surface area contributed by atoms with Gasteiger partial charge in [-0.15, -0.1) is 0 Å². The van der Waals surface area contributed by atoms with Gasteiger partial charge < -0.3 is 25.4 Å². The Labute approximate surface area is 194 Å². The second-order valence-electron chi connectivity index (χ2n) is 7.70. The third-order valence-corrected chi connectivity index (χ3v) is 5.48. The molecule has 2 aliphatic heterocycles. The van der Waals surface area contributed by atoms with Crippen molar-refractivity contribution in [3.8, 4) is 0 Å². The summed E-state index contributed by atoms with van der Waals surface area (Å²) in [4.78, 5) is 50.1. The summed E-state index contributed by atoms with van der Waals surface area (Å²) in [6.07, 6.45) is -0.179. The predicted molar refractivity (Wildman–Crippen MR) is 118 cm³/mol. The van der Waals surface area contributed by atoms with E-state index in [0.717, 1.165) is 6.07 Å². The molecule has 9 nitrogen and oxygen atoms in total. The number of amides is 3. The molecule has 2 unspecified atom stereocenters. The molecule has 0 saturated carbocycles. The average Bonchev–Trinajstić information content (AvgIpc) is 2.82. The number of anilines is 1. The van der Waals surface area contributed by atoms with E-state index in [1.807, 2.05) is 0 Å². The molecule has 2 aliphatic rings. The summed E-state index contributed by atoms with van der Waals surface area (Å²) in [6.45, 7) is 1.33. The summed E-state index contributed by atoms with van der Waals surface area (Å²) in [5.41, 5.74) is 1.43. The van der Waals surface area contributed by atoms with Gasteiger partial charge >= 0.3 is 18.0 Å². The molecular weight excluding hydrogens is 445 g/mol. The molecule has 3 N–H and O–H groups in total. The summed E-state index contributed by atoms with van der Waals surface area (Å²) < 4.78 is 24.2. The number of fused-ring (bicyclic) bond motifs is 1. The number of nitrogens with one attached hydrogen (secondary N) is 3. The maximum Gasteiger partial charge on any atom is 0.338 e. The van der Waals surface area contributed by atoms with Crippen molar-refractivity contribution in [1.29, 1.82) is 0 Å². The van der Waals surface area contributed by atoms with E-state index in [-0.39, 0.29) is 30.0 Å². The van der Waals surface area contributed by atoms with Gasteiger partial charge in [0.05, 0.1) is 29.8 Å². The summed E-state index contributed by atoms with van der Waals surface area (Å²) in [5, 5.41) is 7.75. The van der Waals surface area contributed by atoms with E-state index in [4.69, 9.17) is 9.47 Å². The molecule has 0 spiro atoms. The first-order valence-electron chi connectivity index (χ1n) is 10.7.